The van der Waals surface area contributed by atoms with Crippen molar-refractivity contribution >= 4 is 33.5 Å². The highest BCUT2D eigenvalue weighted by atomic mass is 127. The minimum absolute atomic E-state index is 0.372. The van der Waals surface area contributed by atoms with Crippen LogP contribution in [0.4, 0.5) is 0 Å². The molecule has 0 fully saturated rings. The lowest BCUT2D eigenvalue weighted by Gasteiger charge is -2.15. The fourth-order valence-electron chi connectivity index (χ4n) is 3.15. The molecule has 0 saturated heterocycles. The first-order valence-electron chi connectivity index (χ1n) is 9.39. The number of benzene rings is 1. The Kier molecular flexibility index (Phi) is 6.38. The smallest absolute Gasteiger partial charge is 0.232 e. The van der Waals surface area contributed by atoms with Gasteiger partial charge in [-0.2, -0.15) is 5.10 Å². The molecule has 0 aliphatic heterocycles. The lowest BCUT2D eigenvalue weighted by Crippen LogP contribution is -2.08. The Balaban J connectivity index is 2.19. The maximum atomic E-state index is 6.19. The summed E-state index contributed by atoms with van der Waals surface area (Å²) in [7, 11) is 0. The monoisotopic (exact) mass is 473 g/mol. The van der Waals surface area contributed by atoms with Crippen molar-refractivity contribution < 1.29 is 4.74 Å². The molecule has 0 aliphatic carbocycles. The molecule has 0 saturated carbocycles. The quantitative estimate of drug-likeness (QED) is 0.325. The van der Waals surface area contributed by atoms with Crippen LogP contribution in [0, 0.1) is 22.3 Å². The molecule has 140 valence electrons. The SMILES string of the molecule is CCC#Cc1cc2c(C)nn(C(CC)CC)c2cc1Oc1ncccc1I. The first-order chi connectivity index (χ1) is 13.1. The maximum Gasteiger partial charge on any atom is 0.232 e. The molecule has 0 unspecified atom stereocenters. The van der Waals surface area contributed by atoms with Crippen LogP contribution >= 0.6 is 22.6 Å². The van der Waals surface area contributed by atoms with Crippen molar-refractivity contribution in [3.63, 3.8) is 0 Å². The molecule has 0 N–H and O–H groups in total. The molecule has 0 aliphatic rings. The molecule has 4 nitrogen and oxygen atoms in total. The van der Waals surface area contributed by atoms with Crippen molar-refractivity contribution in [2.24, 2.45) is 0 Å². The van der Waals surface area contributed by atoms with E-state index in [2.05, 4.69) is 77.0 Å². The molecule has 0 atom stereocenters. The standard InChI is InChI=1S/C22H24IN3O/c1-5-8-10-16-13-18-15(4)25-26(17(6-2)7-3)20(18)14-21(16)27-22-19(23)11-9-12-24-22/h9,11-14,17H,5-7H2,1-4H3. The Hall–Kier alpha value is -2.07. The summed E-state index contributed by atoms with van der Waals surface area (Å²) in [6, 6.07) is 8.43. The summed E-state index contributed by atoms with van der Waals surface area (Å²) < 4.78 is 9.30. The number of ether oxygens (including phenoxy) is 1. The number of aryl methyl sites for hydroxylation is 1. The normalized spacial score (nSPS) is 10.9. The second-order valence-electron chi connectivity index (χ2n) is 6.41. The molecule has 2 heterocycles. The van der Waals surface area contributed by atoms with E-state index in [4.69, 9.17) is 9.84 Å². The van der Waals surface area contributed by atoms with Crippen LogP contribution in [0.5, 0.6) is 11.6 Å². The zero-order valence-corrected chi connectivity index (χ0v) is 18.4. The first-order valence-corrected chi connectivity index (χ1v) is 10.5. The van der Waals surface area contributed by atoms with Crippen molar-refractivity contribution in [3.05, 3.63) is 45.3 Å². The molecule has 27 heavy (non-hydrogen) atoms. The van der Waals surface area contributed by atoms with Crippen LogP contribution in [0.15, 0.2) is 30.5 Å². The van der Waals surface area contributed by atoms with Crippen molar-refractivity contribution in [2.45, 2.75) is 53.0 Å². The number of rotatable bonds is 5. The summed E-state index contributed by atoms with van der Waals surface area (Å²) in [5, 5.41) is 5.94. The van der Waals surface area contributed by atoms with Gasteiger partial charge in [-0.15, -0.1) is 0 Å². The van der Waals surface area contributed by atoms with Crippen LogP contribution < -0.4 is 4.74 Å². The highest BCUT2D eigenvalue weighted by molar-refractivity contribution is 14.1. The van der Waals surface area contributed by atoms with Crippen molar-refractivity contribution in [3.8, 4) is 23.5 Å². The van der Waals surface area contributed by atoms with E-state index in [1.54, 1.807) is 6.20 Å². The molecule has 5 heteroatoms. The van der Waals surface area contributed by atoms with Crippen LogP contribution in [0.25, 0.3) is 10.9 Å². The van der Waals surface area contributed by atoms with Gasteiger partial charge in [0.25, 0.3) is 0 Å². The van der Waals surface area contributed by atoms with E-state index in [0.29, 0.717) is 11.9 Å². The highest BCUT2D eigenvalue weighted by Crippen LogP contribution is 2.34. The molecule has 2 aromatic heterocycles. The Morgan fingerprint density at radius 1 is 1.22 bits per heavy atom. The van der Waals surface area contributed by atoms with Gasteiger partial charge in [-0.3, -0.25) is 4.68 Å². The second-order valence-corrected chi connectivity index (χ2v) is 7.58. The maximum absolute atomic E-state index is 6.19. The van der Waals surface area contributed by atoms with Crippen LogP contribution in [0.3, 0.4) is 0 Å². The van der Waals surface area contributed by atoms with Crippen molar-refractivity contribution in [1.29, 1.82) is 0 Å². The van der Waals surface area contributed by atoms with Gasteiger partial charge in [-0.25, -0.2) is 4.98 Å². The average Bonchev–Trinajstić information content (AvgIpc) is 2.98. The van der Waals surface area contributed by atoms with Gasteiger partial charge >= 0.3 is 0 Å². The van der Waals surface area contributed by atoms with Gasteiger partial charge < -0.3 is 4.74 Å². The highest BCUT2D eigenvalue weighted by Gasteiger charge is 2.17. The third-order valence-corrected chi connectivity index (χ3v) is 5.43. The van der Waals surface area contributed by atoms with E-state index >= 15 is 0 Å². The Morgan fingerprint density at radius 3 is 2.67 bits per heavy atom. The molecule has 0 amide bonds. The predicted molar refractivity (Wildman–Crippen MR) is 118 cm³/mol. The van der Waals surface area contributed by atoms with Gasteiger partial charge in [-0.1, -0.05) is 32.6 Å². The van der Waals surface area contributed by atoms with Crippen molar-refractivity contribution in [1.82, 2.24) is 14.8 Å². The van der Waals surface area contributed by atoms with Gasteiger partial charge in [0.1, 0.15) is 5.75 Å². The Bertz CT molecular complexity index is 1010. The number of nitrogens with zero attached hydrogens (tertiary/aromatic N) is 3. The molecule has 3 aromatic rings. The molecule has 3 rings (SSSR count). The van der Waals surface area contributed by atoms with Crippen LogP contribution in [-0.4, -0.2) is 14.8 Å². The van der Waals surface area contributed by atoms with Gasteiger partial charge in [0.2, 0.25) is 5.88 Å². The zero-order chi connectivity index (χ0) is 19.4. The predicted octanol–water partition coefficient (Wildman–Crippen LogP) is 6.26. The van der Waals surface area contributed by atoms with Crippen LogP contribution in [0.1, 0.15) is 57.3 Å². The number of halogens is 1. The number of aromatic nitrogens is 3. The van der Waals surface area contributed by atoms with Crippen LogP contribution in [0.2, 0.25) is 0 Å². The summed E-state index contributed by atoms with van der Waals surface area (Å²) in [4.78, 5) is 4.37. The van der Waals surface area contributed by atoms with Gasteiger partial charge in [0.15, 0.2) is 0 Å². The summed E-state index contributed by atoms with van der Waals surface area (Å²) in [6.07, 6.45) is 4.62. The fraction of sp³-hybridized carbons (Fsp3) is 0.364. The number of hydrogen-bond donors (Lipinski definition) is 0. The summed E-state index contributed by atoms with van der Waals surface area (Å²) >= 11 is 2.24. The van der Waals surface area contributed by atoms with E-state index in [1.807, 2.05) is 19.1 Å². The van der Waals surface area contributed by atoms with Gasteiger partial charge in [0.05, 0.1) is 26.4 Å². The third kappa shape index (κ3) is 4.11. The topological polar surface area (TPSA) is 39.9 Å². The molecule has 0 radical (unpaired) electrons. The van der Waals surface area contributed by atoms with E-state index in [9.17, 15) is 0 Å². The zero-order valence-electron chi connectivity index (χ0n) is 16.2. The lowest BCUT2D eigenvalue weighted by atomic mass is 10.1. The Morgan fingerprint density at radius 2 is 2.00 bits per heavy atom. The minimum Gasteiger partial charge on any atom is -0.437 e. The van der Waals surface area contributed by atoms with E-state index < -0.39 is 0 Å². The number of hydrogen-bond acceptors (Lipinski definition) is 3. The number of pyridine rings is 1. The molecule has 0 bridgehead atoms. The van der Waals surface area contributed by atoms with E-state index in [-0.39, 0.29) is 0 Å². The minimum atomic E-state index is 0.372. The fourth-order valence-corrected chi connectivity index (χ4v) is 3.60. The lowest BCUT2D eigenvalue weighted by molar-refractivity contribution is 0.436. The Labute approximate surface area is 174 Å². The first kappa shape index (κ1) is 19.7. The van der Waals surface area contributed by atoms with E-state index in [1.165, 1.54) is 0 Å². The second kappa shape index (κ2) is 8.75. The summed E-state index contributed by atoms with van der Waals surface area (Å²) in [5.41, 5.74) is 2.98. The van der Waals surface area contributed by atoms with Crippen LogP contribution in [-0.2, 0) is 0 Å². The number of fused-ring (bicyclic) bond motifs is 1. The van der Waals surface area contributed by atoms with E-state index in [0.717, 1.165) is 50.7 Å². The van der Waals surface area contributed by atoms with Gasteiger partial charge in [0, 0.05) is 24.1 Å². The third-order valence-electron chi connectivity index (χ3n) is 4.61. The molecular weight excluding hydrogens is 449 g/mol. The van der Waals surface area contributed by atoms with Gasteiger partial charge in [-0.05, 0) is 60.6 Å². The summed E-state index contributed by atoms with van der Waals surface area (Å²) in [6.45, 7) is 8.50. The molecule has 0 spiro atoms. The average molecular weight is 473 g/mol. The summed E-state index contributed by atoms with van der Waals surface area (Å²) in [5.74, 6) is 7.74. The molecule has 1 aromatic carbocycles. The van der Waals surface area contributed by atoms with Crippen molar-refractivity contribution in [2.75, 3.05) is 0 Å². The molecular formula is C22H24IN3O. The largest absolute Gasteiger partial charge is 0.437 e.